The van der Waals surface area contributed by atoms with Crippen molar-refractivity contribution in [2.75, 3.05) is 21.3 Å². The lowest BCUT2D eigenvalue weighted by molar-refractivity contribution is -0.305. The highest BCUT2D eigenvalue weighted by Gasteiger charge is 2.46. The van der Waals surface area contributed by atoms with Gasteiger partial charge in [-0.3, -0.25) is 0 Å². The number of methoxy groups -OCH3 is 3. The monoisotopic (exact) mass is 411 g/mol. The molecule has 30 heavy (non-hydrogen) atoms. The van der Waals surface area contributed by atoms with Crippen LogP contribution in [0.5, 0.6) is 0 Å². The van der Waals surface area contributed by atoms with Crippen LogP contribution in [0.15, 0.2) is 59.8 Å². The van der Waals surface area contributed by atoms with Crippen LogP contribution in [0.3, 0.4) is 0 Å². The Labute approximate surface area is 178 Å². The summed E-state index contributed by atoms with van der Waals surface area (Å²) >= 11 is 0. The van der Waals surface area contributed by atoms with Crippen LogP contribution >= 0.6 is 0 Å². The molecule has 0 radical (unpaired) electrons. The summed E-state index contributed by atoms with van der Waals surface area (Å²) in [7, 11) is 4.83. The lowest BCUT2D eigenvalue weighted by Crippen LogP contribution is -2.59. The van der Waals surface area contributed by atoms with E-state index in [0.29, 0.717) is 0 Å². The number of hydrogen-bond donors (Lipinski definition) is 0. The van der Waals surface area contributed by atoms with E-state index in [1.807, 2.05) is 49.4 Å². The van der Waals surface area contributed by atoms with E-state index in [-0.39, 0.29) is 18.3 Å². The highest BCUT2D eigenvalue weighted by atomic mass is 16.8. The van der Waals surface area contributed by atoms with Crippen molar-refractivity contribution >= 4 is 18.4 Å². The summed E-state index contributed by atoms with van der Waals surface area (Å²) in [5.74, 6) is 0. The Bertz CT molecular complexity index is 821. The number of oxime groups is 1. The van der Waals surface area contributed by atoms with Crippen LogP contribution in [-0.4, -0.2) is 58.2 Å². The Morgan fingerprint density at radius 1 is 0.733 bits per heavy atom. The zero-order valence-corrected chi connectivity index (χ0v) is 17.8. The van der Waals surface area contributed by atoms with Crippen molar-refractivity contribution in [3.05, 3.63) is 71.3 Å². The van der Waals surface area contributed by atoms with Crippen molar-refractivity contribution in [2.45, 2.75) is 37.6 Å². The standard InChI is InChI=1S/C24H29NO5/c1-17-21(26-2)22(27-3)23(28-4)24(29-17)30-25-16-20-14-12-19(13-15-20)11-10-18-8-6-5-7-9-18/h5-17,21-24H,1-4H3/b11-10+,25-16+/t17-,21-,22+,23+,24-/m0/s1. The minimum Gasteiger partial charge on any atom is -0.376 e. The maximum atomic E-state index is 5.88. The third-order valence-corrected chi connectivity index (χ3v) is 5.11. The number of nitrogens with zero attached hydrogens (tertiary/aromatic N) is 1. The van der Waals surface area contributed by atoms with E-state index in [2.05, 4.69) is 29.4 Å². The van der Waals surface area contributed by atoms with E-state index in [4.69, 9.17) is 23.8 Å². The van der Waals surface area contributed by atoms with Crippen molar-refractivity contribution < 1.29 is 23.8 Å². The van der Waals surface area contributed by atoms with Crippen molar-refractivity contribution in [1.82, 2.24) is 0 Å². The first-order valence-corrected chi connectivity index (χ1v) is 9.92. The van der Waals surface area contributed by atoms with Gasteiger partial charge in [-0.05, 0) is 23.6 Å². The third kappa shape index (κ3) is 5.55. The second kappa shape index (κ2) is 11.0. The van der Waals surface area contributed by atoms with Crippen LogP contribution in [0.25, 0.3) is 12.2 Å². The average molecular weight is 411 g/mol. The predicted molar refractivity (Wildman–Crippen MR) is 117 cm³/mol. The van der Waals surface area contributed by atoms with Gasteiger partial charge < -0.3 is 23.8 Å². The van der Waals surface area contributed by atoms with Gasteiger partial charge in [-0.1, -0.05) is 71.9 Å². The predicted octanol–water partition coefficient (Wildman–Crippen LogP) is 4.00. The highest BCUT2D eigenvalue weighted by Crippen LogP contribution is 2.27. The molecule has 1 aliphatic heterocycles. The zero-order chi connectivity index (χ0) is 21.3. The van der Waals surface area contributed by atoms with Crippen molar-refractivity contribution in [1.29, 1.82) is 0 Å². The molecule has 2 aromatic carbocycles. The van der Waals surface area contributed by atoms with Gasteiger partial charge in [0.25, 0.3) is 6.29 Å². The summed E-state index contributed by atoms with van der Waals surface area (Å²) in [6.07, 6.45) is 3.87. The van der Waals surface area contributed by atoms with E-state index >= 15 is 0 Å². The molecule has 1 aliphatic rings. The molecule has 2 aromatic rings. The van der Waals surface area contributed by atoms with Crippen LogP contribution in [-0.2, 0) is 23.8 Å². The number of benzene rings is 2. The van der Waals surface area contributed by atoms with E-state index in [9.17, 15) is 0 Å². The first-order valence-electron chi connectivity index (χ1n) is 9.92. The fourth-order valence-electron chi connectivity index (χ4n) is 3.50. The van der Waals surface area contributed by atoms with Gasteiger partial charge in [0, 0.05) is 21.3 Å². The Balaban J connectivity index is 1.59. The molecule has 0 unspecified atom stereocenters. The zero-order valence-electron chi connectivity index (χ0n) is 17.8. The minimum atomic E-state index is -0.689. The normalized spacial score (nSPS) is 27.0. The van der Waals surface area contributed by atoms with Crippen LogP contribution < -0.4 is 0 Å². The van der Waals surface area contributed by atoms with Crippen molar-refractivity contribution in [2.24, 2.45) is 5.16 Å². The second-order valence-corrected chi connectivity index (χ2v) is 7.06. The molecule has 0 spiro atoms. The molecule has 1 fully saturated rings. The van der Waals surface area contributed by atoms with Gasteiger partial charge in [0.15, 0.2) is 6.10 Å². The number of rotatable bonds is 8. The van der Waals surface area contributed by atoms with Crippen LogP contribution in [0.1, 0.15) is 23.6 Å². The molecular weight excluding hydrogens is 382 g/mol. The molecule has 0 N–H and O–H groups in total. The SMILES string of the molecule is CO[C@@H]1[C@@H](OC)[C@H](C)O[C@@H](O/N=C/c2ccc(/C=C/c3ccccc3)cc2)[C@@H]1OC. The molecule has 0 bridgehead atoms. The van der Waals surface area contributed by atoms with E-state index in [1.165, 1.54) is 0 Å². The van der Waals surface area contributed by atoms with E-state index < -0.39 is 12.4 Å². The van der Waals surface area contributed by atoms with Crippen LogP contribution in [0.4, 0.5) is 0 Å². The lowest BCUT2D eigenvalue weighted by Gasteiger charge is -2.42. The number of hydrogen-bond acceptors (Lipinski definition) is 6. The molecule has 1 saturated heterocycles. The minimum absolute atomic E-state index is 0.220. The summed E-state index contributed by atoms with van der Waals surface area (Å²) in [4.78, 5) is 5.59. The van der Waals surface area contributed by atoms with Crippen molar-refractivity contribution in [3.8, 4) is 0 Å². The fourth-order valence-corrected chi connectivity index (χ4v) is 3.50. The summed E-state index contributed by atoms with van der Waals surface area (Å²) in [6, 6.07) is 18.2. The largest absolute Gasteiger partial charge is 0.376 e. The second-order valence-electron chi connectivity index (χ2n) is 7.06. The molecule has 0 saturated carbocycles. The summed E-state index contributed by atoms with van der Waals surface area (Å²) in [6.45, 7) is 1.91. The van der Waals surface area contributed by atoms with Crippen molar-refractivity contribution in [3.63, 3.8) is 0 Å². The molecule has 5 atom stereocenters. The Kier molecular flexibility index (Phi) is 8.16. The van der Waals surface area contributed by atoms with Crippen LogP contribution in [0, 0.1) is 0 Å². The fraction of sp³-hybridized carbons (Fsp3) is 0.375. The van der Waals surface area contributed by atoms with Gasteiger partial charge in [-0.15, -0.1) is 0 Å². The average Bonchev–Trinajstić information content (AvgIpc) is 2.78. The van der Waals surface area contributed by atoms with Gasteiger partial charge >= 0.3 is 0 Å². The first kappa shape index (κ1) is 22.2. The summed E-state index contributed by atoms with van der Waals surface area (Å²) < 4.78 is 22.5. The number of ether oxygens (including phenoxy) is 4. The van der Waals surface area contributed by atoms with Gasteiger partial charge in [0.05, 0.1) is 12.3 Å². The van der Waals surface area contributed by atoms with Gasteiger partial charge in [-0.25, -0.2) is 0 Å². The maximum Gasteiger partial charge on any atom is 0.256 e. The topological polar surface area (TPSA) is 58.5 Å². The summed E-state index contributed by atoms with van der Waals surface area (Å²) in [5.41, 5.74) is 3.19. The summed E-state index contributed by atoms with van der Waals surface area (Å²) in [5, 5.41) is 4.10. The molecule has 0 aromatic heterocycles. The Morgan fingerprint density at radius 2 is 1.30 bits per heavy atom. The van der Waals surface area contributed by atoms with Gasteiger partial charge in [0.1, 0.15) is 12.2 Å². The Morgan fingerprint density at radius 3 is 1.90 bits per heavy atom. The van der Waals surface area contributed by atoms with Crippen LogP contribution in [0.2, 0.25) is 0 Å². The first-order chi connectivity index (χ1) is 14.7. The van der Waals surface area contributed by atoms with E-state index in [0.717, 1.165) is 16.7 Å². The Hall–Kier alpha value is -2.51. The molecular formula is C24H29NO5. The highest BCUT2D eigenvalue weighted by molar-refractivity contribution is 5.80. The molecule has 0 aliphatic carbocycles. The third-order valence-electron chi connectivity index (χ3n) is 5.11. The quantitative estimate of drug-likeness (QED) is 0.373. The molecule has 1 heterocycles. The molecule has 6 nitrogen and oxygen atoms in total. The van der Waals surface area contributed by atoms with Gasteiger partial charge in [0.2, 0.25) is 0 Å². The molecule has 160 valence electrons. The smallest absolute Gasteiger partial charge is 0.256 e. The molecule has 6 heteroatoms. The molecule has 3 rings (SSSR count). The van der Waals surface area contributed by atoms with E-state index in [1.54, 1.807) is 27.5 Å². The molecule has 0 amide bonds. The maximum absolute atomic E-state index is 5.88. The van der Waals surface area contributed by atoms with Gasteiger partial charge in [-0.2, -0.15) is 0 Å². The lowest BCUT2D eigenvalue weighted by atomic mass is 9.99.